The van der Waals surface area contributed by atoms with Crippen molar-refractivity contribution in [1.82, 2.24) is 20.4 Å². The van der Waals surface area contributed by atoms with Crippen LogP contribution in [-0.2, 0) is 0 Å². The lowest BCUT2D eigenvalue weighted by Crippen LogP contribution is -2.42. The van der Waals surface area contributed by atoms with Crippen LogP contribution >= 0.6 is 0 Å². The van der Waals surface area contributed by atoms with Crippen LogP contribution in [0.4, 0.5) is 4.79 Å². The quantitative estimate of drug-likeness (QED) is 0.620. The molecule has 2 rings (SSSR count). The average molecular weight is 240 g/mol. The van der Waals surface area contributed by atoms with E-state index in [1.165, 1.54) is 12.8 Å². The highest BCUT2D eigenvalue weighted by Gasteiger charge is 2.28. The van der Waals surface area contributed by atoms with E-state index in [-0.39, 0.29) is 6.03 Å². The highest BCUT2D eigenvalue weighted by atomic mass is 16.2. The zero-order chi connectivity index (χ0) is 12.3. The molecule has 0 aromatic heterocycles. The maximum absolute atomic E-state index is 11.3. The van der Waals surface area contributed by atoms with Crippen LogP contribution < -0.4 is 10.6 Å². The van der Waals surface area contributed by atoms with E-state index in [4.69, 9.17) is 0 Å². The fourth-order valence-corrected chi connectivity index (χ4v) is 2.24. The summed E-state index contributed by atoms with van der Waals surface area (Å²) in [5.41, 5.74) is 0. The predicted octanol–water partition coefficient (Wildman–Crippen LogP) is 0.0839. The standard InChI is InChI=1S/C12H24N4O/c1-10(15(2)11-3-4-11)9-13-5-7-16-8-6-14-12(16)17/h10-11,13H,3-9H2,1-2H3,(H,14,17). The van der Waals surface area contributed by atoms with Crippen LogP contribution in [0.2, 0.25) is 0 Å². The Morgan fingerprint density at radius 3 is 2.94 bits per heavy atom. The zero-order valence-corrected chi connectivity index (χ0v) is 10.9. The van der Waals surface area contributed by atoms with E-state index in [2.05, 4.69) is 29.5 Å². The van der Waals surface area contributed by atoms with E-state index >= 15 is 0 Å². The molecular formula is C12H24N4O. The first-order valence-electron chi connectivity index (χ1n) is 6.64. The highest BCUT2D eigenvalue weighted by Crippen LogP contribution is 2.26. The normalized spacial score (nSPS) is 22.1. The zero-order valence-electron chi connectivity index (χ0n) is 10.9. The Hall–Kier alpha value is -0.810. The molecule has 0 spiro atoms. The molecule has 0 aromatic rings. The minimum absolute atomic E-state index is 0.0787. The van der Waals surface area contributed by atoms with Crippen molar-refractivity contribution in [3.63, 3.8) is 0 Å². The summed E-state index contributed by atoms with van der Waals surface area (Å²) < 4.78 is 0. The lowest BCUT2D eigenvalue weighted by atomic mass is 10.3. The number of hydrogen-bond donors (Lipinski definition) is 2. The molecule has 2 amide bonds. The summed E-state index contributed by atoms with van der Waals surface area (Å²) in [6, 6.07) is 1.47. The minimum atomic E-state index is 0.0787. The number of nitrogens with zero attached hydrogens (tertiary/aromatic N) is 2. The molecule has 1 heterocycles. The van der Waals surface area contributed by atoms with Crippen LogP contribution in [0, 0.1) is 0 Å². The summed E-state index contributed by atoms with van der Waals surface area (Å²) in [5.74, 6) is 0. The number of amides is 2. The van der Waals surface area contributed by atoms with E-state index in [1.807, 2.05) is 4.90 Å². The lowest BCUT2D eigenvalue weighted by molar-refractivity contribution is 0.215. The van der Waals surface area contributed by atoms with Crippen molar-refractivity contribution >= 4 is 6.03 Å². The van der Waals surface area contributed by atoms with Gasteiger partial charge in [0.25, 0.3) is 0 Å². The molecule has 5 heteroatoms. The van der Waals surface area contributed by atoms with Crippen molar-refractivity contribution in [1.29, 1.82) is 0 Å². The number of carbonyl (C=O) groups excluding carboxylic acids is 1. The molecule has 98 valence electrons. The van der Waals surface area contributed by atoms with Gasteiger partial charge in [-0.3, -0.25) is 4.90 Å². The molecule has 0 bridgehead atoms. The SMILES string of the molecule is CC(CNCCN1CCNC1=O)N(C)C1CC1. The predicted molar refractivity (Wildman–Crippen MR) is 68.1 cm³/mol. The molecule has 1 saturated heterocycles. The van der Waals surface area contributed by atoms with Crippen LogP contribution in [-0.4, -0.2) is 67.7 Å². The van der Waals surface area contributed by atoms with Gasteiger partial charge < -0.3 is 15.5 Å². The number of nitrogens with one attached hydrogen (secondary N) is 2. The third kappa shape index (κ3) is 3.57. The van der Waals surface area contributed by atoms with E-state index in [9.17, 15) is 4.79 Å². The third-order valence-corrected chi connectivity index (χ3v) is 3.76. The molecule has 5 nitrogen and oxygen atoms in total. The Morgan fingerprint density at radius 2 is 2.35 bits per heavy atom. The first-order valence-corrected chi connectivity index (χ1v) is 6.64. The molecule has 1 aliphatic carbocycles. The molecule has 0 radical (unpaired) electrons. The Morgan fingerprint density at radius 1 is 1.59 bits per heavy atom. The number of rotatable bonds is 7. The fraction of sp³-hybridized carbons (Fsp3) is 0.917. The summed E-state index contributed by atoms with van der Waals surface area (Å²) in [6.45, 7) is 6.59. The summed E-state index contributed by atoms with van der Waals surface area (Å²) in [7, 11) is 2.21. The first kappa shape index (κ1) is 12.6. The van der Waals surface area contributed by atoms with Gasteiger partial charge in [0, 0.05) is 44.8 Å². The molecule has 2 N–H and O–H groups in total. The van der Waals surface area contributed by atoms with Gasteiger partial charge in [0.1, 0.15) is 0 Å². The molecule has 1 saturated carbocycles. The summed E-state index contributed by atoms with van der Waals surface area (Å²) in [6.07, 6.45) is 2.71. The second-order valence-corrected chi connectivity index (χ2v) is 5.17. The van der Waals surface area contributed by atoms with Gasteiger partial charge in [0.15, 0.2) is 0 Å². The van der Waals surface area contributed by atoms with Crippen molar-refractivity contribution in [2.24, 2.45) is 0 Å². The lowest BCUT2D eigenvalue weighted by Gasteiger charge is -2.25. The number of hydrogen-bond acceptors (Lipinski definition) is 3. The van der Waals surface area contributed by atoms with E-state index in [0.717, 1.165) is 38.8 Å². The van der Waals surface area contributed by atoms with E-state index in [0.29, 0.717) is 6.04 Å². The monoisotopic (exact) mass is 240 g/mol. The van der Waals surface area contributed by atoms with Crippen LogP contribution in [0.15, 0.2) is 0 Å². The van der Waals surface area contributed by atoms with Gasteiger partial charge >= 0.3 is 6.03 Å². The second-order valence-electron chi connectivity index (χ2n) is 5.17. The van der Waals surface area contributed by atoms with Crippen LogP contribution in [0.5, 0.6) is 0 Å². The Labute approximate surface area is 104 Å². The molecule has 2 aliphatic rings. The molecular weight excluding hydrogens is 216 g/mol. The number of urea groups is 1. The van der Waals surface area contributed by atoms with Crippen molar-refractivity contribution < 1.29 is 4.79 Å². The summed E-state index contributed by atoms with van der Waals surface area (Å²) >= 11 is 0. The topological polar surface area (TPSA) is 47.6 Å². The van der Waals surface area contributed by atoms with Crippen LogP contribution in [0.25, 0.3) is 0 Å². The van der Waals surface area contributed by atoms with Gasteiger partial charge in [-0.05, 0) is 26.8 Å². The van der Waals surface area contributed by atoms with Crippen molar-refractivity contribution in [3.05, 3.63) is 0 Å². The second kappa shape index (κ2) is 5.69. The molecule has 17 heavy (non-hydrogen) atoms. The first-order chi connectivity index (χ1) is 8.18. The maximum atomic E-state index is 11.3. The molecule has 1 atom stereocenters. The Balaban J connectivity index is 1.54. The number of likely N-dealkylation sites (N-methyl/N-ethyl adjacent to an activating group) is 1. The smallest absolute Gasteiger partial charge is 0.317 e. The Kier molecular flexibility index (Phi) is 4.23. The van der Waals surface area contributed by atoms with Crippen LogP contribution in [0.1, 0.15) is 19.8 Å². The van der Waals surface area contributed by atoms with Crippen LogP contribution in [0.3, 0.4) is 0 Å². The summed E-state index contributed by atoms with van der Waals surface area (Å²) in [4.78, 5) is 15.6. The van der Waals surface area contributed by atoms with Gasteiger partial charge in [-0.2, -0.15) is 0 Å². The fourth-order valence-electron chi connectivity index (χ4n) is 2.24. The van der Waals surface area contributed by atoms with Gasteiger partial charge in [0.2, 0.25) is 0 Å². The maximum Gasteiger partial charge on any atom is 0.317 e. The minimum Gasteiger partial charge on any atom is -0.336 e. The van der Waals surface area contributed by atoms with Gasteiger partial charge in [-0.25, -0.2) is 4.79 Å². The van der Waals surface area contributed by atoms with E-state index < -0.39 is 0 Å². The van der Waals surface area contributed by atoms with Crippen molar-refractivity contribution in [2.45, 2.75) is 31.8 Å². The molecule has 0 aromatic carbocycles. The number of carbonyl (C=O) groups is 1. The third-order valence-electron chi connectivity index (χ3n) is 3.76. The van der Waals surface area contributed by atoms with Gasteiger partial charge in [-0.1, -0.05) is 0 Å². The van der Waals surface area contributed by atoms with Crippen molar-refractivity contribution in [3.8, 4) is 0 Å². The molecule has 1 aliphatic heterocycles. The van der Waals surface area contributed by atoms with E-state index in [1.54, 1.807) is 0 Å². The molecule has 2 fully saturated rings. The highest BCUT2D eigenvalue weighted by molar-refractivity contribution is 5.76. The van der Waals surface area contributed by atoms with Gasteiger partial charge in [-0.15, -0.1) is 0 Å². The van der Waals surface area contributed by atoms with Gasteiger partial charge in [0.05, 0.1) is 0 Å². The summed E-state index contributed by atoms with van der Waals surface area (Å²) in [5, 5.41) is 6.24. The average Bonchev–Trinajstić information content (AvgIpc) is 3.08. The van der Waals surface area contributed by atoms with Crippen molar-refractivity contribution in [2.75, 3.05) is 39.8 Å². The molecule has 1 unspecified atom stereocenters. The largest absolute Gasteiger partial charge is 0.336 e. The Bertz CT molecular complexity index is 267.